The predicted molar refractivity (Wildman–Crippen MR) is 72.1 cm³/mol. The van der Waals surface area contributed by atoms with Crippen LogP contribution in [-0.4, -0.2) is 27.1 Å². The summed E-state index contributed by atoms with van der Waals surface area (Å²) >= 11 is 0. The number of hydrogen-bond acceptors (Lipinski definition) is 3. The molecule has 0 aliphatic rings. The summed E-state index contributed by atoms with van der Waals surface area (Å²) in [6, 6.07) is 9.29. The molecule has 0 fully saturated rings. The molecule has 0 radical (unpaired) electrons. The highest BCUT2D eigenvalue weighted by Gasteiger charge is 2.24. The van der Waals surface area contributed by atoms with E-state index in [0.717, 1.165) is 5.56 Å². The molecule has 1 aromatic carbocycles. The number of aromatic nitrogens is 2. The second kappa shape index (κ2) is 5.85. The lowest BCUT2D eigenvalue weighted by Gasteiger charge is -2.00. The largest absolute Gasteiger partial charge is 0.480 e. The second-order valence-corrected chi connectivity index (χ2v) is 4.17. The molecule has 1 N–H and O–H groups in total. The first-order chi connectivity index (χ1) is 9.61. The number of carboxylic acid groups (broad SMARTS) is 1. The van der Waals surface area contributed by atoms with Gasteiger partial charge in [0.15, 0.2) is 5.92 Å². The maximum absolute atomic E-state index is 11.0. The molecule has 5 heteroatoms. The first kappa shape index (κ1) is 13.6. The molecule has 0 saturated heterocycles. The number of carbonyl (C=O) groups is 2. The van der Waals surface area contributed by atoms with Gasteiger partial charge in [0.25, 0.3) is 0 Å². The summed E-state index contributed by atoms with van der Waals surface area (Å²) in [6.07, 6.45) is 1.96. The van der Waals surface area contributed by atoms with Gasteiger partial charge in [-0.15, -0.1) is 0 Å². The minimum absolute atomic E-state index is 0.165. The lowest BCUT2D eigenvalue weighted by atomic mass is 10.0. The van der Waals surface area contributed by atoms with Crippen molar-refractivity contribution in [3.8, 4) is 11.8 Å². The third-order valence-electron chi connectivity index (χ3n) is 2.67. The van der Waals surface area contributed by atoms with Crippen molar-refractivity contribution in [1.82, 2.24) is 9.78 Å². The summed E-state index contributed by atoms with van der Waals surface area (Å²) in [5, 5.41) is 13.0. The Labute approximate surface area is 115 Å². The van der Waals surface area contributed by atoms with Crippen molar-refractivity contribution in [2.45, 2.75) is 5.92 Å². The highest BCUT2D eigenvalue weighted by Crippen LogP contribution is 2.16. The van der Waals surface area contributed by atoms with E-state index >= 15 is 0 Å². The van der Waals surface area contributed by atoms with E-state index in [1.165, 1.54) is 4.68 Å². The summed E-state index contributed by atoms with van der Waals surface area (Å²) in [5.74, 6) is 3.25. The average Bonchev–Trinajstić information content (AvgIpc) is 2.79. The van der Waals surface area contributed by atoms with E-state index in [2.05, 4.69) is 16.9 Å². The van der Waals surface area contributed by atoms with Gasteiger partial charge in [0, 0.05) is 18.8 Å². The Bertz CT molecular complexity index is 693. The highest BCUT2D eigenvalue weighted by atomic mass is 16.4. The minimum Gasteiger partial charge on any atom is -0.480 e. The van der Waals surface area contributed by atoms with Crippen molar-refractivity contribution < 1.29 is 14.7 Å². The summed E-state index contributed by atoms with van der Waals surface area (Å²) < 4.78 is 1.45. The number of aliphatic carboxylic acids is 1. The fraction of sp³-hybridized carbons (Fsp3) is 0.133. The van der Waals surface area contributed by atoms with E-state index in [-0.39, 0.29) is 5.69 Å². The Morgan fingerprint density at radius 1 is 1.35 bits per heavy atom. The van der Waals surface area contributed by atoms with E-state index in [1.807, 2.05) is 30.3 Å². The Balaban J connectivity index is 2.41. The van der Waals surface area contributed by atoms with Crippen LogP contribution in [0, 0.1) is 11.8 Å². The lowest BCUT2D eigenvalue weighted by molar-refractivity contribution is -0.140. The predicted octanol–water partition coefficient (Wildman–Crippen LogP) is 1.19. The van der Waals surface area contributed by atoms with Crippen LogP contribution in [0.4, 0.5) is 0 Å². The fourth-order valence-electron chi connectivity index (χ4n) is 1.73. The van der Waals surface area contributed by atoms with Crippen molar-refractivity contribution in [3.05, 3.63) is 53.3 Å². The van der Waals surface area contributed by atoms with E-state index in [0.29, 0.717) is 11.8 Å². The molecule has 100 valence electrons. The summed E-state index contributed by atoms with van der Waals surface area (Å²) in [5.41, 5.74) is 1.41. The van der Waals surface area contributed by atoms with Crippen LogP contribution in [0.15, 0.2) is 36.5 Å². The Kier molecular flexibility index (Phi) is 3.96. The molecule has 1 unspecified atom stereocenters. The number of hydrogen-bond donors (Lipinski definition) is 1. The summed E-state index contributed by atoms with van der Waals surface area (Å²) in [6.45, 7) is 0. The minimum atomic E-state index is -1.30. The van der Waals surface area contributed by atoms with Crippen LogP contribution in [0.1, 0.15) is 22.7 Å². The van der Waals surface area contributed by atoms with Crippen LogP contribution in [0.2, 0.25) is 0 Å². The molecule has 1 atom stereocenters. The Hall–Kier alpha value is -2.87. The van der Waals surface area contributed by atoms with Crippen LogP contribution < -0.4 is 0 Å². The van der Waals surface area contributed by atoms with Crippen LogP contribution >= 0.6 is 0 Å². The zero-order valence-corrected chi connectivity index (χ0v) is 10.8. The smallest absolute Gasteiger partial charge is 0.320 e. The summed E-state index contributed by atoms with van der Waals surface area (Å²) in [7, 11) is 1.65. The molecular weight excluding hydrogens is 256 g/mol. The van der Waals surface area contributed by atoms with Gasteiger partial charge >= 0.3 is 5.97 Å². The Morgan fingerprint density at radius 3 is 2.65 bits per heavy atom. The number of carbonyl (C=O) groups excluding carboxylic acids is 1. The maximum Gasteiger partial charge on any atom is 0.320 e. The molecule has 2 aromatic rings. The number of nitrogens with zero attached hydrogens (tertiary/aromatic N) is 2. The second-order valence-electron chi connectivity index (χ2n) is 4.17. The Morgan fingerprint density at radius 2 is 2.05 bits per heavy atom. The van der Waals surface area contributed by atoms with Crippen LogP contribution in [0.25, 0.3) is 0 Å². The van der Waals surface area contributed by atoms with Gasteiger partial charge in [0.05, 0.1) is 11.3 Å². The molecule has 0 saturated carbocycles. The average molecular weight is 268 g/mol. The van der Waals surface area contributed by atoms with Gasteiger partial charge in [-0.05, 0) is 12.1 Å². The van der Waals surface area contributed by atoms with Crippen molar-refractivity contribution in [3.63, 3.8) is 0 Å². The monoisotopic (exact) mass is 268 g/mol. The molecule has 0 aliphatic carbocycles. The number of carboxylic acids is 1. The quantitative estimate of drug-likeness (QED) is 0.515. The number of benzene rings is 1. The van der Waals surface area contributed by atoms with Crippen molar-refractivity contribution in [2.75, 3.05) is 0 Å². The standard InChI is InChI=1S/C15H12N2O3/c1-17-9-12(8-7-11-5-3-2-4-6-11)14(16-17)13(10-18)15(19)20/h2-6,9-10,13H,1H3,(H,19,20). The van der Waals surface area contributed by atoms with Gasteiger partial charge in [0.2, 0.25) is 0 Å². The van der Waals surface area contributed by atoms with Crippen molar-refractivity contribution in [1.29, 1.82) is 0 Å². The van der Waals surface area contributed by atoms with Crippen molar-refractivity contribution >= 4 is 12.3 Å². The van der Waals surface area contributed by atoms with E-state index < -0.39 is 11.9 Å². The number of aldehydes is 1. The first-order valence-electron chi connectivity index (χ1n) is 5.90. The molecular formula is C15H12N2O3. The van der Waals surface area contributed by atoms with E-state index in [4.69, 9.17) is 5.11 Å². The molecule has 0 spiro atoms. The van der Waals surface area contributed by atoms with Gasteiger partial charge in [0.1, 0.15) is 6.29 Å². The third-order valence-corrected chi connectivity index (χ3v) is 2.67. The van der Waals surface area contributed by atoms with Crippen LogP contribution in [-0.2, 0) is 16.6 Å². The molecule has 0 amide bonds. The van der Waals surface area contributed by atoms with E-state index in [9.17, 15) is 9.59 Å². The maximum atomic E-state index is 11.0. The molecule has 1 aromatic heterocycles. The van der Waals surface area contributed by atoms with Gasteiger partial charge in [-0.1, -0.05) is 30.0 Å². The van der Waals surface area contributed by atoms with Crippen molar-refractivity contribution in [2.24, 2.45) is 7.05 Å². The van der Waals surface area contributed by atoms with Gasteiger partial charge in [-0.25, -0.2) is 0 Å². The van der Waals surface area contributed by atoms with Gasteiger partial charge in [-0.2, -0.15) is 5.10 Å². The van der Waals surface area contributed by atoms with Gasteiger partial charge in [-0.3, -0.25) is 9.48 Å². The molecule has 5 nitrogen and oxygen atoms in total. The normalized spacial score (nSPS) is 11.2. The molecule has 0 bridgehead atoms. The van der Waals surface area contributed by atoms with Gasteiger partial charge < -0.3 is 9.90 Å². The first-order valence-corrected chi connectivity index (χ1v) is 5.90. The zero-order valence-electron chi connectivity index (χ0n) is 10.8. The fourth-order valence-corrected chi connectivity index (χ4v) is 1.73. The number of rotatable bonds is 3. The molecule has 0 aliphatic heterocycles. The molecule has 2 rings (SSSR count). The third kappa shape index (κ3) is 2.93. The summed E-state index contributed by atoms with van der Waals surface area (Å²) in [4.78, 5) is 21.9. The molecule has 1 heterocycles. The SMILES string of the molecule is Cn1cc(C#Cc2ccccc2)c(C(C=O)C(=O)O)n1. The zero-order chi connectivity index (χ0) is 14.5. The van der Waals surface area contributed by atoms with E-state index in [1.54, 1.807) is 13.2 Å². The van der Waals surface area contributed by atoms with Crippen LogP contribution in [0.3, 0.4) is 0 Å². The van der Waals surface area contributed by atoms with Crippen LogP contribution in [0.5, 0.6) is 0 Å². The highest BCUT2D eigenvalue weighted by molar-refractivity contribution is 5.93. The topological polar surface area (TPSA) is 72.2 Å². The molecule has 20 heavy (non-hydrogen) atoms. The lowest BCUT2D eigenvalue weighted by Crippen LogP contribution is -2.14. The number of aryl methyl sites for hydroxylation is 1.